The number of nitrogens with zero attached hydrogens (tertiary/aromatic N) is 1. The van der Waals surface area contributed by atoms with Crippen LogP contribution in [0.2, 0.25) is 0 Å². The smallest absolute Gasteiger partial charge is 0.433 e. The van der Waals surface area contributed by atoms with Gasteiger partial charge in [0, 0.05) is 11.0 Å². The Morgan fingerprint density at radius 3 is 1.92 bits per heavy atom. The van der Waals surface area contributed by atoms with Crippen LogP contribution in [0.3, 0.4) is 0 Å². The van der Waals surface area contributed by atoms with Gasteiger partial charge in [-0.05, 0) is 23.8 Å². The zero-order chi connectivity index (χ0) is 18.1. The fourth-order valence-electron chi connectivity index (χ4n) is 2.38. The molecule has 0 atom stereocenters. The molecule has 0 unspecified atom stereocenters. The second kappa shape index (κ2) is 6.34. The Labute approximate surface area is 139 Å². The van der Waals surface area contributed by atoms with Crippen molar-refractivity contribution in [3.05, 3.63) is 41.7 Å². The van der Waals surface area contributed by atoms with Crippen LogP contribution in [0.15, 0.2) is 30.3 Å². The molecule has 0 aliphatic carbocycles. The second-order valence-electron chi connectivity index (χ2n) is 6.41. The summed E-state index contributed by atoms with van der Waals surface area (Å²) in [6.07, 6.45) is -4.53. The van der Waals surface area contributed by atoms with Gasteiger partial charge < -0.3 is 9.47 Å². The van der Waals surface area contributed by atoms with E-state index in [-0.39, 0.29) is 5.69 Å². The monoisotopic (exact) mass is 339 g/mol. The average Bonchev–Trinajstić information content (AvgIpc) is 2.52. The standard InChI is InChI=1S/C18H20F3NO2/c1-17(2,3)16-15(24-5)13(10-14(22-16)18(19,20)21)11-6-8-12(23-4)9-7-11/h6-10H,1-5H3. The van der Waals surface area contributed by atoms with Crippen LogP contribution < -0.4 is 9.47 Å². The largest absolute Gasteiger partial charge is 0.497 e. The summed E-state index contributed by atoms with van der Waals surface area (Å²) in [5.74, 6) is 0.972. The molecule has 0 radical (unpaired) electrons. The van der Waals surface area contributed by atoms with Gasteiger partial charge in [0.15, 0.2) is 0 Å². The highest BCUT2D eigenvalue weighted by atomic mass is 19.4. The zero-order valence-electron chi connectivity index (χ0n) is 14.3. The van der Waals surface area contributed by atoms with Gasteiger partial charge in [-0.2, -0.15) is 13.2 Å². The lowest BCUT2D eigenvalue weighted by molar-refractivity contribution is -0.141. The Morgan fingerprint density at radius 1 is 0.917 bits per heavy atom. The molecule has 24 heavy (non-hydrogen) atoms. The molecule has 1 aromatic heterocycles. The summed E-state index contributed by atoms with van der Waals surface area (Å²) < 4.78 is 50.4. The lowest BCUT2D eigenvalue weighted by Crippen LogP contribution is -2.19. The Bertz CT molecular complexity index is 717. The van der Waals surface area contributed by atoms with E-state index in [2.05, 4.69) is 4.98 Å². The Kier molecular flexibility index (Phi) is 4.78. The number of rotatable bonds is 3. The number of methoxy groups -OCH3 is 2. The topological polar surface area (TPSA) is 31.4 Å². The number of hydrogen-bond acceptors (Lipinski definition) is 3. The SMILES string of the molecule is COc1ccc(-c2cc(C(F)(F)F)nc(C(C)(C)C)c2OC)cc1. The first kappa shape index (κ1) is 18.1. The van der Waals surface area contributed by atoms with E-state index in [4.69, 9.17) is 9.47 Å². The molecular weight excluding hydrogens is 319 g/mol. The summed E-state index contributed by atoms with van der Waals surface area (Å²) in [5, 5.41) is 0. The van der Waals surface area contributed by atoms with E-state index in [0.29, 0.717) is 22.6 Å². The lowest BCUT2D eigenvalue weighted by Gasteiger charge is -2.24. The zero-order valence-corrected chi connectivity index (χ0v) is 14.3. The third-order valence-electron chi connectivity index (χ3n) is 3.58. The number of ether oxygens (including phenoxy) is 2. The van der Waals surface area contributed by atoms with Crippen molar-refractivity contribution in [3.63, 3.8) is 0 Å². The van der Waals surface area contributed by atoms with E-state index >= 15 is 0 Å². The van der Waals surface area contributed by atoms with E-state index < -0.39 is 17.3 Å². The third-order valence-corrected chi connectivity index (χ3v) is 3.58. The van der Waals surface area contributed by atoms with Crippen molar-refractivity contribution in [2.24, 2.45) is 0 Å². The number of aromatic nitrogens is 1. The minimum Gasteiger partial charge on any atom is -0.497 e. The van der Waals surface area contributed by atoms with Crippen LogP contribution in [0, 0.1) is 0 Å². The molecule has 1 heterocycles. The Morgan fingerprint density at radius 2 is 1.50 bits per heavy atom. The minimum absolute atomic E-state index is 0.269. The maximum atomic E-state index is 13.3. The summed E-state index contributed by atoms with van der Waals surface area (Å²) in [4.78, 5) is 3.83. The Balaban J connectivity index is 2.76. The van der Waals surface area contributed by atoms with Gasteiger partial charge in [-0.1, -0.05) is 32.9 Å². The summed E-state index contributed by atoms with van der Waals surface area (Å²) >= 11 is 0. The van der Waals surface area contributed by atoms with Crippen LogP contribution in [0.25, 0.3) is 11.1 Å². The van der Waals surface area contributed by atoms with Crippen LogP contribution in [0.4, 0.5) is 13.2 Å². The van der Waals surface area contributed by atoms with Gasteiger partial charge in [-0.25, -0.2) is 4.98 Å². The van der Waals surface area contributed by atoms with E-state index in [1.807, 2.05) is 0 Å². The normalized spacial score (nSPS) is 12.2. The van der Waals surface area contributed by atoms with Crippen molar-refractivity contribution in [1.29, 1.82) is 0 Å². The van der Waals surface area contributed by atoms with E-state index in [0.717, 1.165) is 6.07 Å². The maximum Gasteiger partial charge on any atom is 0.433 e. The average molecular weight is 339 g/mol. The first-order valence-electron chi connectivity index (χ1n) is 7.39. The fourth-order valence-corrected chi connectivity index (χ4v) is 2.38. The summed E-state index contributed by atoms with van der Waals surface area (Å²) in [7, 11) is 2.97. The molecule has 0 aliphatic heterocycles. The van der Waals surface area contributed by atoms with E-state index in [1.54, 1.807) is 45.0 Å². The Hall–Kier alpha value is -2.24. The summed E-state index contributed by atoms with van der Waals surface area (Å²) in [5.41, 5.74) is -0.309. The van der Waals surface area contributed by atoms with Gasteiger partial charge in [0.05, 0.1) is 19.9 Å². The molecule has 2 aromatic rings. The second-order valence-corrected chi connectivity index (χ2v) is 6.41. The van der Waals surface area contributed by atoms with Crippen molar-refractivity contribution in [2.45, 2.75) is 32.4 Å². The molecule has 0 aliphatic rings. The van der Waals surface area contributed by atoms with Crippen LogP contribution in [-0.4, -0.2) is 19.2 Å². The predicted octanol–water partition coefficient (Wildman–Crippen LogP) is 5.08. The molecule has 2 rings (SSSR count). The first-order chi connectivity index (χ1) is 11.1. The van der Waals surface area contributed by atoms with Gasteiger partial charge in [-0.3, -0.25) is 0 Å². The fraction of sp³-hybridized carbons (Fsp3) is 0.389. The summed E-state index contributed by atoms with van der Waals surface area (Å²) in [6, 6.07) is 7.81. The van der Waals surface area contributed by atoms with Gasteiger partial charge in [0.25, 0.3) is 0 Å². The number of benzene rings is 1. The van der Waals surface area contributed by atoms with Crippen molar-refractivity contribution in [1.82, 2.24) is 4.98 Å². The molecule has 3 nitrogen and oxygen atoms in total. The van der Waals surface area contributed by atoms with Gasteiger partial charge >= 0.3 is 6.18 Å². The highest BCUT2D eigenvalue weighted by molar-refractivity contribution is 5.73. The predicted molar refractivity (Wildman–Crippen MR) is 86.5 cm³/mol. The van der Waals surface area contributed by atoms with Crippen LogP contribution >= 0.6 is 0 Å². The molecule has 1 aromatic carbocycles. The molecule has 0 amide bonds. The molecule has 0 fully saturated rings. The molecule has 0 saturated carbocycles. The molecule has 0 N–H and O–H groups in total. The van der Waals surface area contributed by atoms with Crippen molar-refractivity contribution >= 4 is 0 Å². The molecule has 0 saturated heterocycles. The van der Waals surface area contributed by atoms with Gasteiger partial charge in [0.2, 0.25) is 0 Å². The van der Waals surface area contributed by atoms with E-state index in [9.17, 15) is 13.2 Å². The maximum absolute atomic E-state index is 13.3. The minimum atomic E-state index is -4.53. The van der Waals surface area contributed by atoms with Crippen molar-refractivity contribution < 1.29 is 22.6 Å². The lowest BCUT2D eigenvalue weighted by atomic mass is 9.88. The number of pyridine rings is 1. The van der Waals surface area contributed by atoms with Crippen LogP contribution in [0.1, 0.15) is 32.2 Å². The highest BCUT2D eigenvalue weighted by Crippen LogP contribution is 2.42. The van der Waals surface area contributed by atoms with Crippen molar-refractivity contribution in [2.75, 3.05) is 14.2 Å². The highest BCUT2D eigenvalue weighted by Gasteiger charge is 2.36. The molecule has 6 heteroatoms. The molecule has 0 spiro atoms. The van der Waals surface area contributed by atoms with Crippen LogP contribution in [0.5, 0.6) is 11.5 Å². The quantitative estimate of drug-likeness (QED) is 0.781. The van der Waals surface area contributed by atoms with Crippen LogP contribution in [-0.2, 0) is 11.6 Å². The first-order valence-corrected chi connectivity index (χ1v) is 7.39. The van der Waals surface area contributed by atoms with Gasteiger partial charge in [-0.15, -0.1) is 0 Å². The number of hydrogen-bond donors (Lipinski definition) is 0. The van der Waals surface area contributed by atoms with Crippen molar-refractivity contribution in [3.8, 4) is 22.6 Å². The number of halogens is 3. The van der Waals surface area contributed by atoms with E-state index in [1.165, 1.54) is 14.2 Å². The summed E-state index contributed by atoms with van der Waals surface area (Å²) in [6.45, 7) is 5.40. The number of alkyl halides is 3. The molecule has 130 valence electrons. The third kappa shape index (κ3) is 3.63. The van der Waals surface area contributed by atoms with Gasteiger partial charge in [0.1, 0.15) is 17.2 Å². The molecule has 0 bridgehead atoms. The molecular formula is C18H20F3NO2.